The second-order valence-corrected chi connectivity index (χ2v) is 7.69. The molecule has 0 unspecified atom stereocenters. The van der Waals surface area contributed by atoms with Gasteiger partial charge in [-0.3, -0.25) is 9.59 Å². The first-order valence-corrected chi connectivity index (χ1v) is 10.0. The number of nitrogens with zero attached hydrogens (tertiary/aromatic N) is 1. The van der Waals surface area contributed by atoms with Crippen LogP contribution in [0.2, 0.25) is 5.02 Å². The topological polar surface area (TPSA) is 49.4 Å². The number of benzene rings is 3. The molecule has 0 saturated heterocycles. The molecule has 4 nitrogen and oxygen atoms in total. The van der Waals surface area contributed by atoms with Gasteiger partial charge in [-0.15, -0.1) is 11.8 Å². The minimum atomic E-state index is -0.0904. The molecular formula is C21H17ClN2O2S. The predicted molar refractivity (Wildman–Crippen MR) is 112 cm³/mol. The van der Waals surface area contributed by atoms with Crippen LogP contribution < -0.4 is 10.2 Å². The van der Waals surface area contributed by atoms with Gasteiger partial charge in [0.2, 0.25) is 5.91 Å². The maximum Gasteiger partial charge on any atom is 0.258 e. The van der Waals surface area contributed by atoms with Gasteiger partial charge in [-0.1, -0.05) is 23.7 Å². The van der Waals surface area contributed by atoms with Crippen molar-refractivity contribution in [3.05, 3.63) is 65.2 Å². The molecule has 6 heteroatoms. The van der Waals surface area contributed by atoms with Crippen LogP contribution in [0.4, 0.5) is 11.4 Å². The van der Waals surface area contributed by atoms with Crippen molar-refractivity contribution in [3.8, 4) is 0 Å². The van der Waals surface area contributed by atoms with Crippen LogP contribution >= 0.6 is 23.4 Å². The van der Waals surface area contributed by atoms with Crippen molar-refractivity contribution in [1.29, 1.82) is 0 Å². The van der Waals surface area contributed by atoms with E-state index in [-0.39, 0.29) is 11.8 Å². The summed E-state index contributed by atoms with van der Waals surface area (Å²) in [5, 5.41) is 5.45. The van der Waals surface area contributed by atoms with E-state index in [2.05, 4.69) is 5.32 Å². The molecule has 0 aliphatic carbocycles. The van der Waals surface area contributed by atoms with Crippen LogP contribution in [0, 0.1) is 0 Å². The van der Waals surface area contributed by atoms with Crippen LogP contribution in [0.1, 0.15) is 17.3 Å². The molecule has 0 atom stereocenters. The van der Waals surface area contributed by atoms with E-state index >= 15 is 0 Å². The molecule has 2 amide bonds. The average Bonchev–Trinajstić information content (AvgIpc) is 2.96. The fourth-order valence-electron chi connectivity index (χ4n) is 3.33. The maximum atomic E-state index is 12.6. The molecule has 3 aromatic rings. The van der Waals surface area contributed by atoms with Gasteiger partial charge in [0, 0.05) is 38.5 Å². The molecule has 0 saturated carbocycles. The summed E-state index contributed by atoms with van der Waals surface area (Å²) in [5.41, 5.74) is 2.32. The highest BCUT2D eigenvalue weighted by atomic mass is 35.5. The molecule has 1 aliphatic heterocycles. The van der Waals surface area contributed by atoms with E-state index in [9.17, 15) is 9.59 Å². The van der Waals surface area contributed by atoms with Crippen molar-refractivity contribution in [2.24, 2.45) is 0 Å². The molecule has 1 N–H and O–H groups in total. The SMILES string of the molecule is CCN1C(=O)c2cccc3c(NC(=O)CSc4ccc(Cl)cc4)ccc1c23. The highest BCUT2D eigenvalue weighted by molar-refractivity contribution is 8.00. The maximum absolute atomic E-state index is 12.6. The molecular weight excluding hydrogens is 380 g/mol. The lowest BCUT2D eigenvalue weighted by Crippen LogP contribution is -2.25. The number of carbonyl (C=O) groups excluding carboxylic acids is 2. The molecule has 0 radical (unpaired) electrons. The van der Waals surface area contributed by atoms with Crippen LogP contribution in [0.5, 0.6) is 0 Å². The summed E-state index contributed by atoms with van der Waals surface area (Å²) in [5.74, 6) is 0.220. The summed E-state index contributed by atoms with van der Waals surface area (Å²) >= 11 is 7.33. The number of nitrogens with one attached hydrogen (secondary N) is 1. The third-order valence-electron chi connectivity index (χ3n) is 4.56. The van der Waals surface area contributed by atoms with Gasteiger partial charge >= 0.3 is 0 Å². The number of rotatable bonds is 5. The van der Waals surface area contributed by atoms with E-state index in [1.807, 2.05) is 61.5 Å². The lowest BCUT2D eigenvalue weighted by atomic mass is 10.0. The highest BCUT2D eigenvalue weighted by Crippen LogP contribution is 2.40. The Kier molecular flexibility index (Phi) is 4.81. The van der Waals surface area contributed by atoms with Crippen LogP contribution in [-0.2, 0) is 4.79 Å². The van der Waals surface area contributed by atoms with Crippen molar-refractivity contribution in [2.75, 3.05) is 22.5 Å². The van der Waals surface area contributed by atoms with Crippen LogP contribution in [0.3, 0.4) is 0 Å². The van der Waals surface area contributed by atoms with Crippen LogP contribution in [0.15, 0.2) is 59.5 Å². The molecule has 1 heterocycles. The zero-order valence-corrected chi connectivity index (χ0v) is 16.2. The van der Waals surface area contributed by atoms with Crippen molar-refractivity contribution >= 4 is 57.3 Å². The van der Waals surface area contributed by atoms with Gasteiger partial charge in [0.15, 0.2) is 0 Å². The summed E-state index contributed by atoms with van der Waals surface area (Å²) in [4.78, 5) is 27.7. The minimum absolute atomic E-state index is 0.0138. The first kappa shape index (κ1) is 17.9. The number of halogens is 1. The Hall–Kier alpha value is -2.50. The lowest BCUT2D eigenvalue weighted by Gasteiger charge is -2.15. The Morgan fingerprint density at radius 1 is 1.11 bits per heavy atom. The zero-order chi connectivity index (χ0) is 19.0. The molecule has 0 fully saturated rings. The molecule has 0 aromatic heterocycles. The minimum Gasteiger partial charge on any atom is -0.325 e. The second-order valence-electron chi connectivity index (χ2n) is 6.20. The number of carbonyl (C=O) groups is 2. The van der Waals surface area contributed by atoms with E-state index in [0.29, 0.717) is 22.9 Å². The van der Waals surface area contributed by atoms with Crippen molar-refractivity contribution in [2.45, 2.75) is 11.8 Å². The quantitative estimate of drug-likeness (QED) is 0.602. The number of amides is 2. The van der Waals surface area contributed by atoms with Crippen LogP contribution in [-0.4, -0.2) is 24.1 Å². The summed E-state index contributed by atoms with van der Waals surface area (Å²) in [6.07, 6.45) is 0. The third-order valence-corrected chi connectivity index (χ3v) is 5.82. The van der Waals surface area contributed by atoms with Gasteiger partial charge in [-0.25, -0.2) is 0 Å². The predicted octanol–water partition coefficient (Wildman–Crippen LogP) is 5.20. The average molecular weight is 397 g/mol. The molecule has 27 heavy (non-hydrogen) atoms. The Bertz CT molecular complexity index is 1050. The van der Waals surface area contributed by atoms with Crippen LogP contribution in [0.25, 0.3) is 10.8 Å². The van der Waals surface area contributed by atoms with E-state index in [4.69, 9.17) is 11.6 Å². The summed E-state index contributed by atoms with van der Waals surface area (Å²) in [6.45, 7) is 2.57. The van der Waals surface area contributed by atoms with Gasteiger partial charge in [-0.05, 0) is 49.4 Å². The summed E-state index contributed by atoms with van der Waals surface area (Å²) < 4.78 is 0. The third kappa shape index (κ3) is 3.29. The summed E-state index contributed by atoms with van der Waals surface area (Å²) in [6, 6.07) is 16.8. The first-order valence-electron chi connectivity index (χ1n) is 8.64. The Labute approximate surface area is 166 Å². The fourth-order valence-corrected chi connectivity index (χ4v) is 4.16. The Morgan fingerprint density at radius 3 is 2.63 bits per heavy atom. The Balaban J connectivity index is 1.56. The Morgan fingerprint density at radius 2 is 1.89 bits per heavy atom. The van der Waals surface area contributed by atoms with E-state index in [1.165, 1.54) is 11.8 Å². The van der Waals surface area contributed by atoms with Gasteiger partial charge < -0.3 is 10.2 Å². The molecule has 4 rings (SSSR count). The molecule has 136 valence electrons. The van der Waals surface area contributed by atoms with E-state index in [1.54, 1.807) is 4.90 Å². The number of thioether (sulfide) groups is 1. The lowest BCUT2D eigenvalue weighted by molar-refractivity contribution is -0.113. The number of hydrogen-bond donors (Lipinski definition) is 1. The van der Waals surface area contributed by atoms with E-state index < -0.39 is 0 Å². The fraction of sp³-hybridized carbons (Fsp3) is 0.143. The molecule has 3 aromatic carbocycles. The zero-order valence-electron chi connectivity index (χ0n) is 14.7. The first-order chi connectivity index (χ1) is 13.1. The van der Waals surface area contributed by atoms with Crippen molar-refractivity contribution in [3.63, 3.8) is 0 Å². The number of anilines is 2. The smallest absolute Gasteiger partial charge is 0.258 e. The summed E-state index contributed by atoms with van der Waals surface area (Å²) in [7, 11) is 0. The normalized spacial score (nSPS) is 12.7. The van der Waals surface area contributed by atoms with Gasteiger partial charge in [-0.2, -0.15) is 0 Å². The standard InChI is InChI=1S/C21H17ClN2O2S/c1-2-24-18-11-10-17(15-4-3-5-16(20(15)18)21(24)26)23-19(25)12-27-14-8-6-13(22)7-9-14/h3-11H,2,12H2,1H3,(H,23,25). The highest BCUT2D eigenvalue weighted by Gasteiger charge is 2.29. The van der Waals surface area contributed by atoms with Gasteiger partial charge in [0.25, 0.3) is 5.91 Å². The van der Waals surface area contributed by atoms with Crippen molar-refractivity contribution < 1.29 is 9.59 Å². The molecule has 0 spiro atoms. The monoisotopic (exact) mass is 396 g/mol. The molecule has 1 aliphatic rings. The van der Waals surface area contributed by atoms with Crippen molar-refractivity contribution in [1.82, 2.24) is 0 Å². The molecule has 0 bridgehead atoms. The largest absolute Gasteiger partial charge is 0.325 e. The number of hydrogen-bond acceptors (Lipinski definition) is 3. The van der Waals surface area contributed by atoms with Gasteiger partial charge in [0.05, 0.1) is 11.4 Å². The van der Waals surface area contributed by atoms with Gasteiger partial charge in [0.1, 0.15) is 0 Å². The second kappa shape index (κ2) is 7.25. The van der Waals surface area contributed by atoms with E-state index in [0.717, 1.165) is 27.0 Å².